The van der Waals surface area contributed by atoms with E-state index < -0.39 is 0 Å². The maximum atomic E-state index is 12.1. The molecule has 122 valence electrons. The predicted molar refractivity (Wildman–Crippen MR) is 87.8 cm³/mol. The van der Waals surface area contributed by atoms with Crippen LogP contribution in [-0.2, 0) is 16.1 Å². The third kappa shape index (κ3) is 4.98. The van der Waals surface area contributed by atoms with Gasteiger partial charge in [-0.05, 0) is 19.8 Å². The molecule has 1 aromatic heterocycles. The smallest absolute Gasteiger partial charge is 0.263 e. The fraction of sp³-hybridized carbons (Fsp3) is 0.667. The van der Waals surface area contributed by atoms with Gasteiger partial charge in [-0.1, -0.05) is 24.4 Å². The standard InChI is InChI=1S/C15H24N4O2S/c1-11-10-22-14(17-11)8-13(16)18-21-9-15(20)19(2)12-6-4-3-5-7-12/h10,12H,3-9H2,1-2H3,(H2,16,18). The number of aromatic nitrogens is 1. The molecule has 0 saturated heterocycles. The van der Waals surface area contributed by atoms with Crippen LogP contribution < -0.4 is 5.73 Å². The number of likely N-dealkylation sites (N-methyl/N-ethyl adjacent to an activating group) is 1. The summed E-state index contributed by atoms with van der Waals surface area (Å²) in [5, 5.41) is 6.67. The minimum atomic E-state index is -0.0649. The first-order valence-electron chi connectivity index (χ1n) is 7.67. The zero-order valence-electron chi connectivity index (χ0n) is 13.2. The van der Waals surface area contributed by atoms with Gasteiger partial charge in [0.05, 0.1) is 6.42 Å². The summed E-state index contributed by atoms with van der Waals surface area (Å²) in [5.41, 5.74) is 6.76. The van der Waals surface area contributed by atoms with Crippen molar-refractivity contribution in [3.05, 3.63) is 16.1 Å². The maximum absolute atomic E-state index is 12.1. The quantitative estimate of drug-likeness (QED) is 0.493. The summed E-state index contributed by atoms with van der Waals surface area (Å²) in [6, 6.07) is 0.337. The van der Waals surface area contributed by atoms with E-state index in [4.69, 9.17) is 10.6 Å². The normalized spacial score (nSPS) is 16.5. The van der Waals surface area contributed by atoms with Crippen LogP contribution >= 0.6 is 11.3 Å². The SMILES string of the molecule is Cc1csc(C/C(N)=N/OCC(=O)N(C)C2CCCCC2)n1. The first-order chi connectivity index (χ1) is 10.6. The van der Waals surface area contributed by atoms with Gasteiger partial charge >= 0.3 is 0 Å². The number of carbonyl (C=O) groups is 1. The van der Waals surface area contributed by atoms with Crippen LogP contribution in [0.15, 0.2) is 10.5 Å². The number of carbonyl (C=O) groups excluding carboxylic acids is 1. The Morgan fingerprint density at radius 1 is 1.50 bits per heavy atom. The first-order valence-corrected chi connectivity index (χ1v) is 8.55. The number of thiazole rings is 1. The number of nitrogens with two attached hydrogens (primary N) is 1. The second-order valence-corrected chi connectivity index (χ2v) is 6.65. The van der Waals surface area contributed by atoms with Crippen LogP contribution in [0.3, 0.4) is 0 Å². The molecule has 0 atom stereocenters. The Kier molecular flexibility index (Phi) is 6.18. The fourth-order valence-corrected chi connectivity index (χ4v) is 3.40. The zero-order chi connectivity index (χ0) is 15.9. The molecule has 0 unspecified atom stereocenters. The number of nitrogens with zero attached hydrogens (tertiary/aromatic N) is 3. The van der Waals surface area contributed by atoms with E-state index in [1.165, 1.54) is 30.6 Å². The van der Waals surface area contributed by atoms with Crippen LogP contribution in [0, 0.1) is 6.92 Å². The van der Waals surface area contributed by atoms with Crippen LogP contribution in [0.25, 0.3) is 0 Å². The predicted octanol–water partition coefficient (Wildman–Crippen LogP) is 2.07. The van der Waals surface area contributed by atoms with Gasteiger partial charge in [-0.3, -0.25) is 4.79 Å². The number of hydrogen-bond donors (Lipinski definition) is 1. The summed E-state index contributed by atoms with van der Waals surface area (Å²) in [4.78, 5) is 23.3. The first kappa shape index (κ1) is 16.7. The van der Waals surface area contributed by atoms with Gasteiger partial charge in [0.15, 0.2) is 6.61 Å². The second kappa shape index (κ2) is 8.12. The highest BCUT2D eigenvalue weighted by atomic mass is 32.1. The van der Waals surface area contributed by atoms with E-state index in [9.17, 15) is 4.79 Å². The molecule has 0 aliphatic heterocycles. The summed E-state index contributed by atoms with van der Waals surface area (Å²) < 4.78 is 0. The Bertz CT molecular complexity index is 523. The Hall–Kier alpha value is -1.63. The molecule has 0 aromatic carbocycles. The van der Waals surface area contributed by atoms with Gasteiger partial charge in [-0.25, -0.2) is 4.98 Å². The van der Waals surface area contributed by atoms with E-state index in [2.05, 4.69) is 10.1 Å². The largest absolute Gasteiger partial charge is 0.384 e. The lowest BCUT2D eigenvalue weighted by atomic mass is 9.94. The molecule has 7 heteroatoms. The fourth-order valence-electron chi connectivity index (χ4n) is 2.62. The van der Waals surface area contributed by atoms with Gasteiger partial charge in [0, 0.05) is 24.2 Å². The molecule has 6 nitrogen and oxygen atoms in total. The van der Waals surface area contributed by atoms with Crippen molar-refractivity contribution >= 4 is 23.1 Å². The second-order valence-electron chi connectivity index (χ2n) is 5.71. The summed E-state index contributed by atoms with van der Waals surface area (Å²) >= 11 is 1.54. The monoisotopic (exact) mass is 324 g/mol. The molecular formula is C15H24N4O2S. The molecule has 1 saturated carbocycles. The minimum absolute atomic E-state index is 0.0476. The third-order valence-electron chi connectivity index (χ3n) is 3.88. The average Bonchev–Trinajstić information content (AvgIpc) is 2.92. The van der Waals surface area contributed by atoms with Crippen molar-refractivity contribution < 1.29 is 9.63 Å². The molecule has 2 rings (SSSR count). The molecule has 1 aliphatic carbocycles. The molecule has 0 radical (unpaired) electrons. The van der Waals surface area contributed by atoms with Crippen molar-refractivity contribution in [2.45, 2.75) is 51.5 Å². The van der Waals surface area contributed by atoms with Gasteiger partial charge < -0.3 is 15.5 Å². The molecule has 1 aromatic rings. The highest BCUT2D eigenvalue weighted by Gasteiger charge is 2.22. The molecule has 0 bridgehead atoms. The Morgan fingerprint density at radius 3 is 2.86 bits per heavy atom. The lowest BCUT2D eigenvalue weighted by Crippen LogP contribution is -2.40. The van der Waals surface area contributed by atoms with Crippen molar-refractivity contribution in [3.63, 3.8) is 0 Å². The summed E-state index contributed by atoms with van der Waals surface area (Å²) in [6.07, 6.45) is 6.27. The van der Waals surface area contributed by atoms with Crippen molar-refractivity contribution in [1.29, 1.82) is 0 Å². The number of oxime groups is 1. The lowest BCUT2D eigenvalue weighted by molar-refractivity contribution is -0.137. The average molecular weight is 324 g/mol. The van der Waals surface area contributed by atoms with E-state index in [1.54, 1.807) is 4.90 Å². The highest BCUT2D eigenvalue weighted by molar-refractivity contribution is 7.09. The van der Waals surface area contributed by atoms with Crippen molar-refractivity contribution in [3.8, 4) is 0 Å². The number of amidine groups is 1. The number of hydrogen-bond acceptors (Lipinski definition) is 5. The van der Waals surface area contributed by atoms with Gasteiger partial charge in [-0.15, -0.1) is 11.3 Å². The summed E-state index contributed by atoms with van der Waals surface area (Å²) in [6.45, 7) is 1.87. The minimum Gasteiger partial charge on any atom is -0.384 e. The topological polar surface area (TPSA) is 80.8 Å². The van der Waals surface area contributed by atoms with Crippen molar-refractivity contribution in [2.75, 3.05) is 13.7 Å². The molecule has 22 heavy (non-hydrogen) atoms. The van der Waals surface area contributed by atoms with Crippen LogP contribution in [0.4, 0.5) is 0 Å². The van der Waals surface area contributed by atoms with Gasteiger partial charge in [0.1, 0.15) is 10.8 Å². The van der Waals surface area contributed by atoms with E-state index >= 15 is 0 Å². The zero-order valence-corrected chi connectivity index (χ0v) is 14.1. The van der Waals surface area contributed by atoms with Crippen LogP contribution in [0.5, 0.6) is 0 Å². The Morgan fingerprint density at radius 2 is 2.23 bits per heavy atom. The molecule has 1 fully saturated rings. The Labute approximate surface area is 135 Å². The van der Waals surface area contributed by atoms with E-state index in [-0.39, 0.29) is 12.5 Å². The van der Waals surface area contributed by atoms with Crippen LogP contribution in [0.2, 0.25) is 0 Å². The highest BCUT2D eigenvalue weighted by Crippen LogP contribution is 2.21. The number of rotatable bonds is 6. The van der Waals surface area contributed by atoms with E-state index in [0.29, 0.717) is 18.3 Å². The van der Waals surface area contributed by atoms with Gasteiger partial charge in [0.25, 0.3) is 5.91 Å². The molecular weight excluding hydrogens is 300 g/mol. The summed E-state index contributed by atoms with van der Waals surface area (Å²) in [5.74, 6) is 0.288. The van der Waals surface area contributed by atoms with E-state index in [1.807, 2.05) is 19.4 Å². The molecule has 1 amide bonds. The van der Waals surface area contributed by atoms with Crippen LogP contribution in [-0.4, -0.2) is 41.3 Å². The van der Waals surface area contributed by atoms with E-state index in [0.717, 1.165) is 23.5 Å². The Balaban J connectivity index is 1.74. The van der Waals surface area contributed by atoms with Gasteiger partial charge in [-0.2, -0.15) is 0 Å². The third-order valence-corrected chi connectivity index (χ3v) is 4.85. The van der Waals surface area contributed by atoms with Crippen molar-refractivity contribution in [1.82, 2.24) is 9.88 Å². The molecule has 0 spiro atoms. The summed E-state index contributed by atoms with van der Waals surface area (Å²) in [7, 11) is 1.84. The number of aryl methyl sites for hydroxylation is 1. The van der Waals surface area contributed by atoms with Crippen molar-refractivity contribution in [2.24, 2.45) is 10.9 Å². The van der Waals surface area contributed by atoms with Crippen LogP contribution in [0.1, 0.15) is 42.8 Å². The number of amides is 1. The lowest BCUT2D eigenvalue weighted by Gasteiger charge is -2.30. The van der Waals surface area contributed by atoms with Gasteiger partial charge in [0.2, 0.25) is 0 Å². The molecule has 1 heterocycles. The molecule has 2 N–H and O–H groups in total. The molecule has 1 aliphatic rings. The maximum Gasteiger partial charge on any atom is 0.263 e.